The van der Waals surface area contributed by atoms with Crippen LogP contribution >= 0.6 is 0 Å². The highest BCUT2D eigenvalue weighted by Gasteiger charge is 2.15. The first-order valence-corrected chi connectivity index (χ1v) is 6.65. The molecule has 1 aromatic rings. The van der Waals surface area contributed by atoms with E-state index in [1.165, 1.54) is 7.11 Å². The van der Waals surface area contributed by atoms with Gasteiger partial charge in [0.25, 0.3) is 0 Å². The number of methoxy groups -OCH3 is 1. The average molecular weight is 260 g/mol. The first kappa shape index (κ1) is 13.8. The molecule has 0 aliphatic rings. The molecule has 0 amide bonds. The zero-order valence-corrected chi connectivity index (χ0v) is 10.3. The van der Waals surface area contributed by atoms with Crippen molar-refractivity contribution >= 4 is 15.7 Å². The molecule has 0 saturated heterocycles. The number of anilines is 1. The molecule has 7 heteroatoms. The number of hydrogen-bond donors (Lipinski definition) is 3. The van der Waals surface area contributed by atoms with E-state index in [-0.39, 0.29) is 6.54 Å². The number of hydrogen-bond acceptors (Lipinski definition) is 5. The molecule has 0 aliphatic carbocycles. The van der Waals surface area contributed by atoms with Gasteiger partial charge in [0.1, 0.15) is 5.75 Å². The van der Waals surface area contributed by atoms with Crippen LogP contribution in [0.3, 0.4) is 0 Å². The number of sulfonamides is 1. The number of ether oxygens (including phenoxy) is 1. The van der Waals surface area contributed by atoms with E-state index >= 15 is 0 Å². The first-order chi connectivity index (χ1) is 7.96. The van der Waals surface area contributed by atoms with Crippen LogP contribution in [-0.4, -0.2) is 39.0 Å². The second kappa shape index (κ2) is 5.85. The average Bonchev–Trinajstić information content (AvgIpc) is 2.28. The monoisotopic (exact) mass is 260 g/mol. The van der Waals surface area contributed by atoms with Crippen LogP contribution in [0.4, 0.5) is 5.69 Å². The lowest BCUT2D eigenvalue weighted by molar-refractivity contribution is 0.206. The van der Waals surface area contributed by atoms with Crippen LogP contribution in [-0.2, 0) is 10.0 Å². The third-order valence-electron chi connectivity index (χ3n) is 2.05. The molecular weight excluding hydrogens is 244 g/mol. The summed E-state index contributed by atoms with van der Waals surface area (Å²) in [6, 6.07) is 6.42. The Labute approximate surface area is 100 Å². The summed E-state index contributed by atoms with van der Waals surface area (Å²) in [6.07, 6.45) is -1.06. The predicted molar refractivity (Wildman–Crippen MR) is 65.5 cm³/mol. The normalized spacial score (nSPS) is 13.1. The Morgan fingerprint density at radius 2 is 2.00 bits per heavy atom. The van der Waals surface area contributed by atoms with Crippen molar-refractivity contribution in [2.24, 2.45) is 5.73 Å². The molecule has 17 heavy (non-hydrogen) atoms. The zero-order chi connectivity index (χ0) is 12.9. The molecule has 1 atom stereocenters. The minimum atomic E-state index is -3.59. The van der Waals surface area contributed by atoms with E-state index in [1.807, 2.05) is 0 Å². The van der Waals surface area contributed by atoms with E-state index in [4.69, 9.17) is 10.5 Å². The standard InChI is InChI=1S/C10H16N2O4S/c1-16-10-4-2-8(3-5-10)12-17(14,15)7-9(13)6-11/h2-5,9,12-13H,6-7,11H2,1H3. The number of nitrogens with one attached hydrogen (secondary N) is 1. The van der Waals surface area contributed by atoms with Crippen LogP contribution in [0.25, 0.3) is 0 Å². The summed E-state index contributed by atoms with van der Waals surface area (Å²) in [5, 5.41) is 9.19. The second-order valence-electron chi connectivity index (χ2n) is 3.50. The van der Waals surface area contributed by atoms with Crippen molar-refractivity contribution in [1.29, 1.82) is 0 Å². The van der Waals surface area contributed by atoms with Crippen molar-refractivity contribution in [2.75, 3.05) is 24.1 Å². The maximum absolute atomic E-state index is 11.6. The summed E-state index contributed by atoms with van der Waals surface area (Å²) >= 11 is 0. The van der Waals surface area contributed by atoms with Crippen LogP contribution in [0, 0.1) is 0 Å². The molecule has 1 aromatic carbocycles. The van der Waals surface area contributed by atoms with E-state index in [2.05, 4.69) is 4.72 Å². The third-order valence-corrected chi connectivity index (χ3v) is 3.42. The minimum absolute atomic E-state index is 0.0937. The zero-order valence-electron chi connectivity index (χ0n) is 9.46. The van der Waals surface area contributed by atoms with E-state index < -0.39 is 21.9 Å². The van der Waals surface area contributed by atoms with Gasteiger partial charge in [0, 0.05) is 12.2 Å². The Morgan fingerprint density at radius 3 is 2.47 bits per heavy atom. The fourth-order valence-electron chi connectivity index (χ4n) is 1.20. The minimum Gasteiger partial charge on any atom is -0.497 e. The second-order valence-corrected chi connectivity index (χ2v) is 5.27. The van der Waals surface area contributed by atoms with Gasteiger partial charge in [-0.15, -0.1) is 0 Å². The van der Waals surface area contributed by atoms with Crippen molar-refractivity contribution in [1.82, 2.24) is 0 Å². The summed E-state index contributed by atoms with van der Waals surface area (Å²) < 4.78 is 30.4. The van der Waals surface area contributed by atoms with Gasteiger partial charge in [-0.3, -0.25) is 4.72 Å². The lowest BCUT2D eigenvalue weighted by atomic mass is 10.3. The molecule has 6 nitrogen and oxygen atoms in total. The van der Waals surface area contributed by atoms with Crippen LogP contribution in [0.5, 0.6) is 5.75 Å². The smallest absolute Gasteiger partial charge is 0.235 e. The molecule has 0 bridgehead atoms. The van der Waals surface area contributed by atoms with Gasteiger partial charge in [-0.05, 0) is 24.3 Å². The molecular formula is C10H16N2O4S. The molecule has 96 valence electrons. The van der Waals surface area contributed by atoms with Gasteiger partial charge in [0.2, 0.25) is 10.0 Å². The molecule has 0 aromatic heterocycles. The summed E-state index contributed by atoms with van der Waals surface area (Å²) in [5.41, 5.74) is 5.56. The SMILES string of the molecule is COc1ccc(NS(=O)(=O)CC(O)CN)cc1. The third kappa shape index (κ3) is 4.59. The largest absolute Gasteiger partial charge is 0.497 e. The van der Waals surface area contributed by atoms with Crippen molar-refractivity contribution in [3.63, 3.8) is 0 Å². The molecule has 0 fully saturated rings. The summed E-state index contributed by atoms with van der Waals surface area (Å²) in [7, 11) is -2.06. The summed E-state index contributed by atoms with van der Waals surface area (Å²) in [5.74, 6) is 0.213. The Morgan fingerprint density at radius 1 is 1.41 bits per heavy atom. The van der Waals surface area contributed by atoms with Crippen LogP contribution in [0.1, 0.15) is 0 Å². The number of nitrogens with two attached hydrogens (primary N) is 1. The molecule has 0 saturated carbocycles. The molecule has 1 rings (SSSR count). The van der Waals surface area contributed by atoms with Gasteiger partial charge in [0.15, 0.2) is 0 Å². The molecule has 0 radical (unpaired) electrons. The Bertz CT molecular complexity index is 444. The Hall–Kier alpha value is -1.31. The van der Waals surface area contributed by atoms with Gasteiger partial charge in [-0.2, -0.15) is 0 Å². The lowest BCUT2D eigenvalue weighted by Gasteiger charge is -2.11. The fraction of sp³-hybridized carbons (Fsp3) is 0.400. The van der Waals surface area contributed by atoms with Crippen LogP contribution in [0.15, 0.2) is 24.3 Å². The van der Waals surface area contributed by atoms with Gasteiger partial charge in [0.05, 0.1) is 19.0 Å². The van der Waals surface area contributed by atoms with Crippen molar-refractivity contribution in [3.8, 4) is 5.75 Å². The quantitative estimate of drug-likeness (QED) is 0.655. The topological polar surface area (TPSA) is 102 Å². The summed E-state index contributed by atoms with van der Waals surface area (Å²) in [4.78, 5) is 0. The van der Waals surface area contributed by atoms with Crippen molar-refractivity contribution in [3.05, 3.63) is 24.3 Å². The Balaban J connectivity index is 2.69. The van der Waals surface area contributed by atoms with Crippen LogP contribution in [0.2, 0.25) is 0 Å². The maximum atomic E-state index is 11.6. The van der Waals surface area contributed by atoms with Gasteiger partial charge >= 0.3 is 0 Å². The Kier molecular flexibility index (Phi) is 4.73. The summed E-state index contributed by atoms with van der Waals surface area (Å²) in [6.45, 7) is -0.0937. The predicted octanol–water partition coefficient (Wildman–Crippen LogP) is -0.243. The van der Waals surface area contributed by atoms with Gasteiger partial charge in [-0.1, -0.05) is 0 Å². The van der Waals surface area contributed by atoms with E-state index in [1.54, 1.807) is 24.3 Å². The van der Waals surface area contributed by atoms with Crippen molar-refractivity contribution < 1.29 is 18.3 Å². The maximum Gasteiger partial charge on any atom is 0.235 e. The number of benzene rings is 1. The number of rotatable bonds is 6. The van der Waals surface area contributed by atoms with Gasteiger partial charge in [-0.25, -0.2) is 8.42 Å². The molecule has 0 spiro atoms. The molecule has 4 N–H and O–H groups in total. The fourth-order valence-corrected chi connectivity index (χ4v) is 2.42. The number of aliphatic hydroxyl groups excluding tert-OH is 1. The highest BCUT2D eigenvalue weighted by Crippen LogP contribution is 2.16. The first-order valence-electron chi connectivity index (χ1n) is 4.99. The van der Waals surface area contributed by atoms with Crippen LogP contribution < -0.4 is 15.2 Å². The van der Waals surface area contributed by atoms with E-state index in [0.29, 0.717) is 11.4 Å². The molecule has 0 aliphatic heterocycles. The van der Waals surface area contributed by atoms with Gasteiger partial charge < -0.3 is 15.6 Å². The molecule has 0 heterocycles. The number of aliphatic hydroxyl groups is 1. The molecule has 1 unspecified atom stereocenters. The van der Waals surface area contributed by atoms with E-state index in [0.717, 1.165) is 0 Å². The highest BCUT2D eigenvalue weighted by molar-refractivity contribution is 7.92. The van der Waals surface area contributed by atoms with E-state index in [9.17, 15) is 13.5 Å². The lowest BCUT2D eigenvalue weighted by Crippen LogP contribution is -2.31. The highest BCUT2D eigenvalue weighted by atomic mass is 32.2. The van der Waals surface area contributed by atoms with Crippen molar-refractivity contribution in [2.45, 2.75) is 6.10 Å².